The zero-order chi connectivity index (χ0) is 21.0. The van der Waals surface area contributed by atoms with E-state index in [9.17, 15) is 9.18 Å². The second-order valence-electron chi connectivity index (χ2n) is 9.76. The van der Waals surface area contributed by atoms with Crippen molar-refractivity contribution in [1.29, 1.82) is 0 Å². The van der Waals surface area contributed by atoms with Crippen molar-refractivity contribution in [2.45, 2.75) is 36.0 Å². The van der Waals surface area contributed by atoms with Crippen LogP contribution in [0, 0.1) is 17.8 Å². The Morgan fingerprint density at radius 3 is 2.60 bits per heavy atom. The van der Waals surface area contributed by atoms with Gasteiger partial charge in [0.15, 0.2) is 0 Å². The van der Waals surface area contributed by atoms with Gasteiger partial charge in [0, 0.05) is 58.4 Å². The van der Waals surface area contributed by atoms with Gasteiger partial charge in [0.2, 0.25) is 5.91 Å². The maximum absolute atomic E-state index is 13.7. The molecule has 9 atom stereocenters. The number of rotatable bonds is 3. The highest BCUT2D eigenvalue weighted by Gasteiger charge is 2.49. The van der Waals surface area contributed by atoms with E-state index in [1.54, 1.807) is 5.01 Å². The highest BCUT2D eigenvalue weighted by atomic mass is 35.5. The number of piperidine rings is 1. The molecule has 0 aliphatic carbocycles. The average Bonchev–Trinajstić information content (AvgIpc) is 3.31. The number of carbonyl (C=O) groups excluding carboxylic acids is 1. The largest absolute Gasteiger partial charge is 0.350 e. The number of nitrogens with two attached hydrogens (primary N) is 1. The van der Waals surface area contributed by atoms with Gasteiger partial charge in [0.05, 0.1) is 29.7 Å². The first-order chi connectivity index (χ1) is 14.4. The number of fused-ring (bicyclic) bond motifs is 2. The fourth-order valence-corrected chi connectivity index (χ4v) is 6.70. The van der Waals surface area contributed by atoms with Crippen LogP contribution in [0.25, 0.3) is 0 Å². The topological polar surface area (TPSA) is 101 Å². The molecular formula is C19H34ClFN8O. The Morgan fingerprint density at radius 2 is 1.87 bits per heavy atom. The highest BCUT2D eigenvalue weighted by Crippen LogP contribution is 2.34. The van der Waals surface area contributed by atoms with Gasteiger partial charge in [0.25, 0.3) is 0 Å². The minimum absolute atomic E-state index is 0.0624. The first kappa shape index (κ1) is 21.3. The molecule has 6 N–H and O–H groups in total. The summed E-state index contributed by atoms with van der Waals surface area (Å²) in [6, 6.07) is 0.0214. The second kappa shape index (κ2) is 8.40. The van der Waals surface area contributed by atoms with Gasteiger partial charge >= 0.3 is 0 Å². The maximum atomic E-state index is 13.7. The van der Waals surface area contributed by atoms with Crippen LogP contribution in [-0.4, -0.2) is 116 Å². The lowest BCUT2D eigenvalue weighted by Crippen LogP contribution is -2.66. The van der Waals surface area contributed by atoms with Crippen molar-refractivity contribution in [2.75, 3.05) is 59.4 Å². The molecule has 5 saturated heterocycles. The summed E-state index contributed by atoms with van der Waals surface area (Å²) in [6.07, 6.45) is -1.81. The molecule has 9 unspecified atom stereocenters. The average molecular weight is 445 g/mol. The number of nitrogens with zero attached hydrogens (tertiary/aromatic N) is 3. The van der Waals surface area contributed by atoms with E-state index in [0.29, 0.717) is 18.4 Å². The number of carbonyl (C=O) groups is 1. The summed E-state index contributed by atoms with van der Waals surface area (Å²) in [5.41, 5.74) is 9.27. The molecule has 0 spiro atoms. The molecule has 5 rings (SSSR count). The molecular weight excluding hydrogens is 411 g/mol. The van der Waals surface area contributed by atoms with E-state index < -0.39 is 18.3 Å². The minimum atomic E-state index is -0.972. The quantitative estimate of drug-likeness (QED) is 0.305. The van der Waals surface area contributed by atoms with Crippen LogP contribution in [0.4, 0.5) is 4.39 Å². The van der Waals surface area contributed by atoms with Gasteiger partial charge in [-0.3, -0.25) is 15.0 Å². The van der Waals surface area contributed by atoms with Crippen molar-refractivity contribution in [3.63, 3.8) is 0 Å². The molecule has 30 heavy (non-hydrogen) atoms. The molecule has 5 heterocycles. The third-order valence-corrected chi connectivity index (χ3v) is 7.97. The Bertz CT molecular complexity index is 646. The molecule has 0 aromatic heterocycles. The van der Waals surface area contributed by atoms with Crippen LogP contribution in [0.5, 0.6) is 0 Å². The first-order valence-electron chi connectivity index (χ1n) is 11.1. The van der Waals surface area contributed by atoms with E-state index in [1.165, 1.54) is 0 Å². The van der Waals surface area contributed by atoms with Crippen molar-refractivity contribution >= 4 is 17.5 Å². The molecule has 0 aromatic carbocycles. The summed E-state index contributed by atoms with van der Waals surface area (Å²) in [5.74, 6) is 0.784. The molecule has 5 aliphatic rings. The molecule has 11 heteroatoms. The van der Waals surface area contributed by atoms with Crippen molar-refractivity contribution < 1.29 is 9.18 Å². The summed E-state index contributed by atoms with van der Waals surface area (Å²) < 4.78 is 13.7. The van der Waals surface area contributed by atoms with Crippen LogP contribution in [-0.2, 0) is 4.79 Å². The van der Waals surface area contributed by atoms with Gasteiger partial charge < -0.3 is 21.3 Å². The van der Waals surface area contributed by atoms with Gasteiger partial charge in [0.1, 0.15) is 6.17 Å². The van der Waals surface area contributed by atoms with Gasteiger partial charge in [-0.05, 0) is 18.9 Å². The molecule has 5 fully saturated rings. The van der Waals surface area contributed by atoms with E-state index in [2.05, 4.69) is 38.2 Å². The van der Waals surface area contributed by atoms with Crippen molar-refractivity contribution in [1.82, 2.24) is 36.2 Å². The molecule has 0 aromatic rings. The van der Waals surface area contributed by atoms with E-state index in [-0.39, 0.29) is 42.6 Å². The Kier molecular flexibility index (Phi) is 5.95. The zero-order valence-electron chi connectivity index (χ0n) is 17.4. The predicted octanol–water partition coefficient (Wildman–Crippen LogP) is -2.47. The van der Waals surface area contributed by atoms with Gasteiger partial charge in [-0.2, -0.15) is 0 Å². The lowest BCUT2D eigenvalue weighted by atomic mass is 9.96. The lowest BCUT2D eigenvalue weighted by Gasteiger charge is -2.42. The molecule has 0 bridgehead atoms. The smallest absolute Gasteiger partial charge is 0.229 e. The fourth-order valence-electron chi connectivity index (χ4n) is 6.26. The van der Waals surface area contributed by atoms with Crippen LogP contribution in [0.2, 0.25) is 0 Å². The van der Waals surface area contributed by atoms with E-state index >= 15 is 0 Å². The molecule has 1 amide bonds. The number of hydrogen-bond acceptors (Lipinski definition) is 8. The van der Waals surface area contributed by atoms with Crippen molar-refractivity contribution in [3.8, 4) is 0 Å². The zero-order valence-corrected chi connectivity index (χ0v) is 18.2. The lowest BCUT2D eigenvalue weighted by molar-refractivity contribution is -0.128. The van der Waals surface area contributed by atoms with Crippen LogP contribution in [0.1, 0.15) is 0 Å². The van der Waals surface area contributed by atoms with Crippen molar-refractivity contribution in [2.24, 2.45) is 23.5 Å². The summed E-state index contributed by atoms with van der Waals surface area (Å²) in [5, 5.41) is 11.4. The normalized spacial score (nSPS) is 47.9. The molecule has 9 nitrogen and oxygen atoms in total. The Balaban J connectivity index is 1.26. The summed E-state index contributed by atoms with van der Waals surface area (Å²) in [7, 11) is 2.19. The van der Waals surface area contributed by atoms with Gasteiger partial charge in [-0.15, -0.1) is 11.6 Å². The minimum Gasteiger partial charge on any atom is -0.350 e. The summed E-state index contributed by atoms with van der Waals surface area (Å²) >= 11 is 6.78. The number of hydrogen-bond donors (Lipinski definition) is 5. The van der Waals surface area contributed by atoms with Crippen LogP contribution in [0.15, 0.2) is 0 Å². The Labute approximate surface area is 182 Å². The van der Waals surface area contributed by atoms with E-state index in [4.69, 9.17) is 17.3 Å². The summed E-state index contributed by atoms with van der Waals surface area (Å²) in [4.78, 5) is 18.2. The second-order valence-corrected chi connectivity index (χ2v) is 10.3. The standard InChI is InChI=1S/C19H34ClFN8O/c1-27-5-10-7-28(8-11(10)6-27)16-13(20)3-23-4-14(16)25-19(30)15-17(22)26-29-9-12(21)2-24-18(15)29/h10-18,23-24,26H,2-9,22H2,1H3,(H,25,30). The van der Waals surface area contributed by atoms with Gasteiger partial charge in [-0.25, -0.2) is 14.8 Å². The van der Waals surface area contributed by atoms with E-state index in [0.717, 1.165) is 32.7 Å². The number of likely N-dealkylation sites (tertiary alicyclic amines) is 2. The number of amides is 1. The molecule has 170 valence electrons. The number of hydrazine groups is 1. The maximum Gasteiger partial charge on any atom is 0.229 e. The van der Waals surface area contributed by atoms with Gasteiger partial charge in [-0.1, -0.05) is 0 Å². The molecule has 0 saturated carbocycles. The molecule has 0 radical (unpaired) electrons. The SMILES string of the molecule is CN1CC2CN(C3C(Cl)CNCC3NC(=O)C3C(N)NN4CC(F)CNC34)CC2C1. The predicted molar refractivity (Wildman–Crippen MR) is 112 cm³/mol. The van der Waals surface area contributed by atoms with E-state index in [1.807, 2.05) is 0 Å². The molecule has 5 aliphatic heterocycles. The number of nitrogens with one attached hydrogen (secondary N) is 4. The Morgan fingerprint density at radius 1 is 1.13 bits per heavy atom. The fraction of sp³-hybridized carbons (Fsp3) is 0.947. The first-order valence-corrected chi connectivity index (χ1v) is 11.6. The van der Waals surface area contributed by atoms with Crippen molar-refractivity contribution in [3.05, 3.63) is 0 Å². The third-order valence-electron chi connectivity index (χ3n) is 7.56. The number of alkyl halides is 2. The Hall–Kier alpha value is -0.590. The van der Waals surface area contributed by atoms with Crippen LogP contribution < -0.4 is 27.1 Å². The van der Waals surface area contributed by atoms with Crippen LogP contribution in [0.3, 0.4) is 0 Å². The monoisotopic (exact) mass is 444 g/mol. The van der Waals surface area contributed by atoms with Crippen LogP contribution >= 0.6 is 11.6 Å². The third kappa shape index (κ3) is 3.86. The summed E-state index contributed by atoms with van der Waals surface area (Å²) in [6.45, 7) is 6.25. The highest BCUT2D eigenvalue weighted by molar-refractivity contribution is 6.21. The number of halogens is 2.